The van der Waals surface area contributed by atoms with Gasteiger partial charge in [0.1, 0.15) is 6.23 Å². The van der Waals surface area contributed by atoms with Crippen LogP contribution in [0.3, 0.4) is 0 Å². The molecule has 0 fully saturated rings. The lowest BCUT2D eigenvalue weighted by molar-refractivity contribution is 0.0117. The Kier molecular flexibility index (Phi) is 11.6. The molecule has 6 nitrogen and oxygen atoms in total. The quantitative estimate of drug-likeness (QED) is 0.208. The summed E-state index contributed by atoms with van der Waals surface area (Å²) in [5.74, 6) is 1.12. The normalized spacial score (nSPS) is 14.1. The lowest BCUT2D eigenvalue weighted by Gasteiger charge is -2.21. The minimum Gasteiger partial charge on any atom is -0.376 e. The fourth-order valence-electron chi connectivity index (χ4n) is 1.79. The van der Waals surface area contributed by atoms with E-state index in [0.29, 0.717) is 25.0 Å². The molecule has 0 heterocycles. The number of hydrogen-bond acceptors (Lipinski definition) is 6. The first-order chi connectivity index (χ1) is 9.79. The molecule has 0 aromatic heterocycles. The monoisotopic (exact) mass is 325 g/mol. The first-order valence-corrected chi connectivity index (χ1v) is 9.47. The summed E-state index contributed by atoms with van der Waals surface area (Å²) in [5, 5.41) is 18.0. The Morgan fingerprint density at radius 1 is 1.00 bits per heavy atom. The van der Waals surface area contributed by atoms with Gasteiger partial charge in [0.15, 0.2) is 0 Å². The second kappa shape index (κ2) is 11.6. The van der Waals surface area contributed by atoms with E-state index in [1.54, 1.807) is 5.48 Å². The van der Waals surface area contributed by atoms with Crippen molar-refractivity contribution in [3.63, 3.8) is 0 Å². The maximum Gasteiger partial charge on any atom is 0.334 e. The molecule has 1 atom stereocenters. The first-order valence-electron chi connectivity index (χ1n) is 7.75. The summed E-state index contributed by atoms with van der Waals surface area (Å²) in [7, 11) is -3.38. The minimum atomic E-state index is -3.38. The third kappa shape index (κ3) is 12.3. The number of aliphatic hydroxyl groups excluding tert-OH is 1. The summed E-state index contributed by atoms with van der Waals surface area (Å²) in [6.07, 6.45) is 1.97. The van der Waals surface area contributed by atoms with Crippen LogP contribution in [0.25, 0.3) is 0 Å². The summed E-state index contributed by atoms with van der Waals surface area (Å²) < 4.78 is 23.3. The van der Waals surface area contributed by atoms with Crippen LogP contribution in [-0.4, -0.2) is 35.9 Å². The summed E-state index contributed by atoms with van der Waals surface area (Å²) in [6.45, 7) is 9.11. The molecule has 0 saturated carbocycles. The SMILES string of the molecule is CC(C)CCCOP(=O)(CC(O)NO)OCCCC(C)C. The van der Waals surface area contributed by atoms with Crippen molar-refractivity contribution in [1.82, 2.24) is 5.48 Å². The number of nitrogens with one attached hydrogen (secondary N) is 1. The average molecular weight is 325 g/mol. The minimum absolute atomic E-state index is 0.257. The molecule has 3 N–H and O–H groups in total. The lowest BCUT2D eigenvalue weighted by atomic mass is 10.1. The molecule has 0 amide bonds. The molecule has 0 aliphatic heterocycles. The molecular formula is C14H32NO5P. The Balaban J connectivity index is 4.23. The van der Waals surface area contributed by atoms with E-state index >= 15 is 0 Å². The van der Waals surface area contributed by atoms with Gasteiger partial charge < -0.3 is 19.4 Å². The predicted molar refractivity (Wildman–Crippen MR) is 83.5 cm³/mol. The number of hydroxylamine groups is 1. The first kappa shape index (κ1) is 21.0. The summed E-state index contributed by atoms with van der Waals surface area (Å²) in [4.78, 5) is 0. The fraction of sp³-hybridized carbons (Fsp3) is 1.00. The maximum absolute atomic E-state index is 12.5. The molecule has 0 saturated heterocycles. The van der Waals surface area contributed by atoms with Gasteiger partial charge in [-0.15, -0.1) is 0 Å². The third-order valence-electron chi connectivity index (χ3n) is 2.97. The summed E-state index contributed by atoms with van der Waals surface area (Å²) in [6, 6.07) is 0. The summed E-state index contributed by atoms with van der Waals surface area (Å²) in [5.41, 5.74) is 1.66. The van der Waals surface area contributed by atoms with Crippen molar-refractivity contribution < 1.29 is 23.9 Å². The van der Waals surface area contributed by atoms with Gasteiger partial charge >= 0.3 is 7.60 Å². The van der Waals surface area contributed by atoms with Crippen LogP contribution in [0.15, 0.2) is 0 Å². The maximum atomic E-state index is 12.5. The second-order valence-electron chi connectivity index (χ2n) is 6.18. The van der Waals surface area contributed by atoms with Crippen molar-refractivity contribution in [2.45, 2.75) is 59.6 Å². The predicted octanol–water partition coefficient (Wildman–Crippen LogP) is 3.38. The van der Waals surface area contributed by atoms with Crippen LogP contribution in [-0.2, 0) is 13.6 Å². The van der Waals surface area contributed by atoms with Gasteiger partial charge in [-0.3, -0.25) is 4.57 Å². The van der Waals surface area contributed by atoms with Crippen molar-refractivity contribution in [2.75, 3.05) is 19.4 Å². The van der Waals surface area contributed by atoms with Crippen LogP contribution < -0.4 is 5.48 Å². The Hall–Kier alpha value is 0.0300. The number of aliphatic hydroxyl groups is 1. The van der Waals surface area contributed by atoms with Gasteiger partial charge in [-0.25, -0.2) is 0 Å². The largest absolute Gasteiger partial charge is 0.376 e. The van der Waals surface area contributed by atoms with Crippen LogP contribution in [0.2, 0.25) is 0 Å². The smallest absolute Gasteiger partial charge is 0.334 e. The van der Waals surface area contributed by atoms with E-state index < -0.39 is 13.8 Å². The topological polar surface area (TPSA) is 88.0 Å². The molecule has 0 spiro atoms. The van der Waals surface area contributed by atoms with Crippen LogP contribution >= 0.6 is 7.60 Å². The molecule has 128 valence electrons. The van der Waals surface area contributed by atoms with Crippen molar-refractivity contribution >= 4 is 7.60 Å². The van der Waals surface area contributed by atoms with E-state index in [1.807, 2.05) is 0 Å². The van der Waals surface area contributed by atoms with E-state index in [0.717, 1.165) is 25.7 Å². The highest BCUT2D eigenvalue weighted by Gasteiger charge is 2.28. The van der Waals surface area contributed by atoms with Gasteiger partial charge in [0, 0.05) is 0 Å². The molecular weight excluding hydrogens is 293 g/mol. The standard InChI is InChI=1S/C14H32NO5P/c1-12(2)7-5-9-19-21(18,11-14(16)15-17)20-10-6-8-13(3)4/h12-17H,5-11H2,1-4H3. The molecule has 0 bridgehead atoms. The second-order valence-corrected chi connectivity index (χ2v) is 8.28. The zero-order valence-electron chi connectivity index (χ0n) is 13.7. The number of rotatable bonds is 13. The molecule has 21 heavy (non-hydrogen) atoms. The van der Waals surface area contributed by atoms with Gasteiger partial charge in [-0.05, 0) is 37.5 Å². The van der Waals surface area contributed by atoms with Gasteiger partial charge in [0.25, 0.3) is 0 Å². The Labute approximate surface area is 128 Å². The van der Waals surface area contributed by atoms with Gasteiger partial charge in [-0.1, -0.05) is 27.7 Å². The lowest BCUT2D eigenvalue weighted by Crippen LogP contribution is -2.29. The molecule has 1 unspecified atom stereocenters. The molecule has 0 aromatic carbocycles. The van der Waals surface area contributed by atoms with Crippen LogP contribution in [0.1, 0.15) is 53.4 Å². The van der Waals surface area contributed by atoms with E-state index in [4.69, 9.17) is 14.3 Å². The van der Waals surface area contributed by atoms with E-state index in [1.165, 1.54) is 0 Å². The van der Waals surface area contributed by atoms with Crippen molar-refractivity contribution in [3.8, 4) is 0 Å². The van der Waals surface area contributed by atoms with Crippen molar-refractivity contribution in [3.05, 3.63) is 0 Å². The van der Waals surface area contributed by atoms with Crippen molar-refractivity contribution in [2.24, 2.45) is 11.8 Å². The zero-order chi connectivity index (χ0) is 16.3. The van der Waals surface area contributed by atoms with Crippen LogP contribution in [0.4, 0.5) is 0 Å². The molecule has 0 aromatic rings. The molecule has 0 aliphatic rings. The highest BCUT2D eigenvalue weighted by molar-refractivity contribution is 7.53. The van der Waals surface area contributed by atoms with Gasteiger partial charge in [0.2, 0.25) is 0 Å². The third-order valence-corrected chi connectivity index (χ3v) is 4.92. The van der Waals surface area contributed by atoms with Gasteiger partial charge in [0.05, 0.1) is 19.4 Å². The Bertz CT molecular complexity index is 279. The molecule has 7 heteroatoms. The van der Waals surface area contributed by atoms with Crippen molar-refractivity contribution in [1.29, 1.82) is 0 Å². The van der Waals surface area contributed by atoms with Crippen LogP contribution in [0, 0.1) is 11.8 Å². The molecule has 0 rings (SSSR count). The fourth-order valence-corrected chi connectivity index (χ4v) is 3.39. The highest BCUT2D eigenvalue weighted by Crippen LogP contribution is 2.48. The van der Waals surface area contributed by atoms with E-state index in [2.05, 4.69) is 27.7 Å². The summed E-state index contributed by atoms with van der Waals surface area (Å²) >= 11 is 0. The molecule has 0 radical (unpaired) electrons. The highest BCUT2D eigenvalue weighted by atomic mass is 31.2. The Morgan fingerprint density at radius 3 is 1.76 bits per heavy atom. The molecule has 0 aliphatic carbocycles. The Morgan fingerprint density at radius 2 is 1.43 bits per heavy atom. The number of hydrogen-bond donors (Lipinski definition) is 3. The van der Waals surface area contributed by atoms with Gasteiger partial charge in [-0.2, -0.15) is 5.48 Å². The zero-order valence-corrected chi connectivity index (χ0v) is 14.6. The van der Waals surface area contributed by atoms with E-state index in [9.17, 15) is 9.67 Å². The van der Waals surface area contributed by atoms with Crippen LogP contribution in [0.5, 0.6) is 0 Å². The van der Waals surface area contributed by atoms with E-state index in [-0.39, 0.29) is 6.16 Å². The average Bonchev–Trinajstić information content (AvgIpc) is 2.39.